The van der Waals surface area contributed by atoms with Crippen LogP contribution in [0.3, 0.4) is 0 Å². The third kappa shape index (κ3) is 5.31. The van der Waals surface area contributed by atoms with Crippen LogP contribution in [0.4, 0.5) is 0 Å². The summed E-state index contributed by atoms with van der Waals surface area (Å²) in [5.41, 5.74) is 3.16. The van der Waals surface area contributed by atoms with Gasteiger partial charge in [0, 0.05) is 0 Å². The minimum absolute atomic E-state index is 0.256. The van der Waals surface area contributed by atoms with Gasteiger partial charge in [-0.1, -0.05) is 78.0 Å². The van der Waals surface area contributed by atoms with Crippen LogP contribution in [-0.4, -0.2) is 14.4 Å². The summed E-state index contributed by atoms with van der Waals surface area (Å²) in [6.07, 6.45) is 6.29. The fourth-order valence-electron chi connectivity index (χ4n) is 3.38. The van der Waals surface area contributed by atoms with E-state index in [0.717, 1.165) is 18.8 Å². The van der Waals surface area contributed by atoms with Crippen molar-refractivity contribution in [1.29, 1.82) is 0 Å². The van der Waals surface area contributed by atoms with Crippen molar-refractivity contribution in [3.05, 3.63) is 41.5 Å². The van der Waals surface area contributed by atoms with Gasteiger partial charge in [0.15, 0.2) is 8.32 Å². The lowest BCUT2D eigenvalue weighted by molar-refractivity contribution is 0.123. The number of rotatable bonds is 3. The normalized spacial score (nSPS) is 24.6. The summed E-state index contributed by atoms with van der Waals surface area (Å²) in [5, 5.41) is 0.256. The van der Waals surface area contributed by atoms with E-state index in [1.165, 1.54) is 17.6 Å². The van der Waals surface area contributed by atoms with Crippen molar-refractivity contribution < 1.29 is 4.43 Å². The van der Waals surface area contributed by atoms with Crippen LogP contribution in [0, 0.1) is 11.3 Å². The van der Waals surface area contributed by atoms with Gasteiger partial charge in [0.1, 0.15) is 0 Å². The lowest BCUT2D eigenvalue weighted by Gasteiger charge is -2.44. The topological polar surface area (TPSA) is 9.23 Å². The van der Waals surface area contributed by atoms with E-state index in [-0.39, 0.29) is 5.04 Å². The van der Waals surface area contributed by atoms with Gasteiger partial charge < -0.3 is 4.43 Å². The summed E-state index contributed by atoms with van der Waals surface area (Å²) in [4.78, 5) is 0. The van der Waals surface area contributed by atoms with Gasteiger partial charge in [-0.3, -0.25) is 0 Å². The molecule has 140 valence electrons. The highest BCUT2D eigenvalue weighted by atomic mass is 28.4. The molecule has 2 rings (SSSR count). The average Bonchev–Trinajstić information content (AvgIpc) is 2.47. The van der Waals surface area contributed by atoms with Gasteiger partial charge in [0.25, 0.3) is 0 Å². The minimum Gasteiger partial charge on any atom is -0.410 e. The van der Waals surface area contributed by atoms with E-state index in [1.807, 2.05) is 0 Å². The zero-order chi connectivity index (χ0) is 18.9. The molecule has 0 unspecified atom stereocenters. The molecule has 0 N–H and O–H groups in total. The molecule has 2 heteroatoms. The molecule has 2 atom stereocenters. The highest BCUT2D eigenvalue weighted by Gasteiger charge is 2.41. The molecule has 0 aromatic heterocycles. The molecule has 0 spiro atoms. The molecule has 0 amide bonds. The van der Waals surface area contributed by atoms with Gasteiger partial charge >= 0.3 is 0 Å². The zero-order valence-corrected chi connectivity index (χ0v) is 18.6. The van der Waals surface area contributed by atoms with Crippen LogP contribution in [0.5, 0.6) is 0 Å². The van der Waals surface area contributed by atoms with E-state index in [1.54, 1.807) is 0 Å². The maximum Gasteiger partial charge on any atom is 0.192 e. The molecule has 1 aromatic rings. The van der Waals surface area contributed by atoms with Crippen molar-refractivity contribution in [3.8, 4) is 0 Å². The lowest BCUT2D eigenvalue weighted by Crippen LogP contribution is -2.45. The van der Waals surface area contributed by atoms with Gasteiger partial charge in [-0.2, -0.15) is 0 Å². The molecule has 0 radical (unpaired) electrons. The summed E-state index contributed by atoms with van der Waals surface area (Å²) in [7, 11) is -1.76. The number of benzene rings is 1. The van der Waals surface area contributed by atoms with Gasteiger partial charge in [-0.25, -0.2) is 0 Å². The van der Waals surface area contributed by atoms with Crippen molar-refractivity contribution in [2.75, 3.05) is 0 Å². The second-order valence-corrected chi connectivity index (χ2v) is 15.1. The van der Waals surface area contributed by atoms with Crippen LogP contribution in [0.2, 0.25) is 18.1 Å². The van der Waals surface area contributed by atoms with Gasteiger partial charge in [0.2, 0.25) is 0 Å². The Morgan fingerprint density at radius 1 is 0.960 bits per heavy atom. The first-order valence-corrected chi connectivity index (χ1v) is 12.7. The third-order valence-corrected chi connectivity index (χ3v) is 10.8. The summed E-state index contributed by atoms with van der Waals surface area (Å²) in [6.45, 7) is 18.9. The fourth-order valence-corrected chi connectivity index (χ4v) is 4.71. The van der Waals surface area contributed by atoms with Crippen molar-refractivity contribution in [2.45, 2.75) is 85.0 Å². The largest absolute Gasteiger partial charge is 0.410 e. The van der Waals surface area contributed by atoms with Crippen molar-refractivity contribution >= 4 is 14.4 Å². The van der Waals surface area contributed by atoms with Crippen LogP contribution in [0.25, 0.3) is 6.08 Å². The molecule has 0 heterocycles. The molecule has 1 aliphatic carbocycles. The number of hydrogen-bond donors (Lipinski definition) is 0. The molecule has 0 saturated heterocycles. The smallest absolute Gasteiger partial charge is 0.192 e. The highest BCUT2D eigenvalue weighted by Crippen LogP contribution is 2.45. The van der Waals surface area contributed by atoms with Crippen LogP contribution < -0.4 is 0 Å². The SMILES string of the molecule is CC(C)(C)[C@H]1CC[C@H](O[Si](C)(C)C(C)(C)C)/C(=C/c2ccccc2)C1. The molecule has 1 fully saturated rings. The van der Waals surface area contributed by atoms with E-state index in [0.29, 0.717) is 11.5 Å². The van der Waals surface area contributed by atoms with Crippen LogP contribution in [0.1, 0.15) is 66.4 Å². The fraction of sp³-hybridized carbons (Fsp3) is 0.652. The van der Waals surface area contributed by atoms with Crippen molar-refractivity contribution in [2.24, 2.45) is 11.3 Å². The van der Waals surface area contributed by atoms with E-state index < -0.39 is 8.32 Å². The van der Waals surface area contributed by atoms with Gasteiger partial charge in [-0.05, 0) is 59.9 Å². The first kappa shape index (κ1) is 20.4. The van der Waals surface area contributed by atoms with E-state index in [9.17, 15) is 0 Å². The van der Waals surface area contributed by atoms with E-state index in [4.69, 9.17) is 4.43 Å². The average molecular weight is 359 g/mol. The summed E-state index contributed by atoms with van der Waals surface area (Å²) < 4.78 is 6.86. The molecule has 0 bridgehead atoms. The quantitative estimate of drug-likeness (QED) is 0.515. The second kappa shape index (κ2) is 7.40. The van der Waals surface area contributed by atoms with Crippen LogP contribution >= 0.6 is 0 Å². The van der Waals surface area contributed by atoms with Crippen LogP contribution in [0.15, 0.2) is 35.9 Å². The predicted octanol–water partition coefficient (Wildman–Crippen LogP) is 7.31. The van der Waals surface area contributed by atoms with E-state index >= 15 is 0 Å². The van der Waals surface area contributed by atoms with Crippen LogP contribution in [-0.2, 0) is 4.43 Å². The standard InChI is InChI=1S/C23H38OSi/c1-22(2,3)20-14-15-21(24-25(7,8)23(4,5)6)19(17-20)16-18-12-10-9-11-13-18/h9-13,16,20-21H,14-15,17H2,1-8H3/b19-16+/t20-,21-/m0/s1. The summed E-state index contributed by atoms with van der Waals surface area (Å²) in [6, 6.07) is 10.7. The first-order valence-electron chi connectivity index (χ1n) is 9.83. The van der Waals surface area contributed by atoms with Gasteiger partial charge in [0.05, 0.1) is 6.10 Å². The van der Waals surface area contributed by atoms with Crippen molar-refractivity contribution in [1.82, 2.24) is 0 Å². The summed E-state index contributed by atoms with van der Waals surface area (Å²) >= 11 is 0. The minimum atomic E-state index is -1.76. The maximum absolute atomic E-state index is 6.86. The Morgan fingerprint density at radius 2 is 1.56 bits per heavy atom. The molecule has 1 aliphatic rings. The second-order valence-electron chi connectivity index (χ2n) is 10.3. The Balaban J connectivity index is 2.30. The molecule has 1 saturated carbocycles. The Kier molecular flexibility index (Phi) is 6.05. The molecular formula is C23H38OSi. The van der Waals surface area contributed by atoms with Gasteiger partial charge in [-0.15, -0.1) is 0 Å². The molecule has 25 heavy (non-hydrogen) atoms. The highest BCUT2D eigenvalue weighted by molar-refractivity contribution is 6.74. The lowest BCUT2D eigenvalue weighted by atomic mass is 9.70. The van der Waals surface area contributed by atoms with E-state index in [2.05, 4.69) is 91.0 Å². The Labute approximate surface area is 157 Å². The first-order chi connectivity index (χ1) is 11.4. The third-order valence-electron chi connectivity index (χ3n) is 6.29. The Bertz CT molecular complexity index is 587. The zero-order valence-electron chi connectivity index (χ0n) is 17.6. The number of hydrogen-bond acceptors (Lipinski definition) is 1. The molecule has 0 aliphatic heterocycles. The molecule has 1 nitrogen and oxygen atoms in total. The van der Waals surface area contributed by atoms with Crippen molar-refractivity contribution in [3.63, 3.8) is 0 Å². The molecular weight excluding hydrogens is 320 g/mol. The molecule has 1 aromatic carbocycles. The monoisotopic (exact) mass is 358 g/mol. The Morgan fingerprint density at radius 3 is 2.08 bits per heavy atom. The summed E-state index contributed by atoms with van der Waals surface area (Å²) in [5.74, 6) is 0.738. The predicted molar refractivity (Wildman–Crippen MR) is 113 cm³/mol. The maximum atomic E-state index is 6.86. The Hall–Kier alpha value is -0.863.